The third-order valence-corrected chi connectivity index (χ3v) is 2.60. The monoisotopic (exact) mass is 205 g/mol. The fraction of sp³-hybridized carbons (Fsp3) is 0.273. The minimum atomic E-state index is -0.866. The number of H-pyrrole nitrogens is 1. The second-order valence-electron chi connectivity index (χ2n) is 3.60. The van der Waals surface area contributed by atoms with Crippen molar-refractivity contribution in [3.63, 3.8) is 0 Å². The molecule has 0 saturated heterocycles. The average Bonchev–Trinajstić information content (AvgIpc) is 2.69. The Bertz CT molecular complexity index is 417. The largest absolute Gasteiger partial charge is 0.481 e. The maximum atomic E-state index is 11.3. The van der Waals surface area contributed by atoms with Gasteiger partial charge in [0.1, 0.15) is 0 Å². The van der Waals surface area contributed by atoms with Crippen molar-refractivity contribution in [1.29, 1.82) is 0 Å². The fourth-order valence-electron chi connectivity index (χ4n) is 1.83. The lowest BCUT2D eigenvalue weighted by Gasteiger charge is -2.19. The molecule has 1 heterocycles. The SMILES string of the molecule is O=C1C=C(c2cc[nH]c2)C(C(=O)O)CC1. The normalized spacial score (nSPS) is 21.2. The van der Waals surface area contributed by atoms with Gasteiger partial charge in [-0.15, -0.1) is 0 Å². The van der Waals surface area contributed by atoms with Crippen LogP contribution in [0.1, 0.15) is 18.4 Å². The van der Waals surface area contributed by atoms with E-state index in [0.717, 1.165) is 5.56 Å². The topological polar surface area (TPSA) is 70.2 Å². The van der Waals surface area contributed by atoms with Crippen molar-refractivity contribution in [2.24, 2.45) is 5.92 Å². The molecule has 2 N–H and O–H groups in total. The molecule has 1 aromatic heterocycles. The first-order valence-corrected chi connectivity index (χ1v) is 4.79. The standard InChI is InChI=1S/C11H11NO3/c13-8-1-2-9(11(14)15)10(5-8)7-3-4-12-6-7/h3-6,9,12H,1-2H2,(H,14,15). The molecule has 1 aromatic rings. The lowest BCUT2D eigenvalue weighted by atomic mass is 9.84. The summed E-state index contributed by atoms with van der Waals surface area (Å²) in [4.78, 5) is 25.1. The highest BCUT2D eigenvalue weighted by Crippen LogP contribution is 2.31. The van der Waals surface area contributed by atoms with E-state index in [0.29, 0.717) is 18.4 Å². The molecule has 0 spiro atoms. The number of aliphatic carboxylic acids is 1. The molecule has 1 aliphatic carbocycles. The molecule has 0 saturated carbocycles. The minimum absolute atomic E-state index is 0.00343. The molecule has 0 aliphatic heterocycles. The second kappa shape index (κ2) is 3.73. The number of aromatic nitrogens is 1. The van der Waals surface area contributed by atoms with E-state index < -0.39 is 11.9 Å². The second-order valence-corrected chi connectivity index (χ2v) is 3.60. The molecule has 4 heteroatoms. The number of nitrogens with one attached hydrogen (secondary N) is 1. The van der Waals surface area contributed by atoms with Crippen molar-refractivity contribution in [2.45, 2.75) is 12.8 Å². The highest BCUT2D eigenvalue weighted by Gasteiger charge is 2.28. The highest BCUT2D eigenvalue weighted by atomic mass is 16.4. The predicted octanol–water partition coefficient (Wildman–Crippen LogP) is 1.46. The van der Waals surface area contributed by atoms with Crippen LogP contribution in [0.5, 0.6) is 0 Å². The van der Waals surface area contributed by atoms with Crippen molar-refractivity contribution in [3.05, 3.63) is 30.1 Å². The number of hydrogen-bond acceptors (Lipinski definition) is 2. The Kier molecular flexibility index (Phi) is 2.41. The molecule has 78 valence electrons. The Balaban J connectivity index is 2.40. The molecule has 1 atom stereocenters. The van der Waals surface area contributed by atoms with Crippen LogP contribution in [-0.4, -0.2) is 21.8 Å². The fourth-order valence-corrected chi connectivity index (χ4v) is 1.83. The van der Waals surface area contributed by atoms with Gasteiger partial charge in [-0.3, -0.25) is 9.59 Å². The number of aromatic amines is 1. The zero-order chi connectivity index (χ0) is 10.8. The van der Waals surface area contributed by atoms with E-state index in [1.807, 2.05) is 0 Å². The summed E-state index contributed by atoms with van der Waals surface area (Å²) < 4.78 is 0. The molecule has 1 unspecified atom stereocenters. The molecule has 0 fully saturated rings. The first-order valence-electron chi connectivity index (χ1n) is 4.79. The number of carboxylic acids is 1. The molecule has 0 bridgehead atoms. The number of carboxylic acid groups (broad SMARTS) is 1. The van der Waals surface area contributed by atoms with Crippen LogP contribution in [0.2, 0.25) is 0 Å². The number of carbonyl (C=O) groups excluding carboxylic acids is 1. The first kappa shape index (κ1) is 9.71. The van der Waals surface area contributed by atoms with Gasteiger partial charge in [0.15, 0.2) is 5.78 Å². The van der Waals surface area contributed by atoms with E-state index in [-0.39, 0.29) is 5.78 Å². The summed E-state index contributed by atoms with van der Waals surface area (Å²) in [7, 11) is 0. The Morgan fingerprint density at radius 1 is 1.53 bits per heavy atom. The molecular weight excluding hydrogens is 194 g/mol. The van der Waals surface area contributed by atoms with Crippen LogP contribution in [-0.2, 0) is 9.59 Å². The number of allylic oxidation sites excluding steroid dienone is 1. The van der Waals surface area contributed by atoms with E-state index in [2.05, 4.69) is 4.98 Å². The van der Waals surface area contributed by atoms with E-state index in [9.17, 15) is 9.59 Å². The minimum Gasteiger partial charge on any atom is -0.481 e. The summed E-state index contributed by atoms with van der Waals surface area (Å²) in [5.74, 6) is -1.42. The molecule has 0 radical (unpaired) electrons. The summed E-state index contributed by atoms with van der Waals surface area (Å²) >= 11 is 0. The van der Waals surface area contributed by atoms with Gasteiger partial charge in [0.05, 0.1) is 5.92 Å². The van der Waals surface area contributed by atoms with Crippen molar-refractivity contribution < 1.29 is 14.7 Å². The summed E-state index contributed by atoms with van der Waals surface area (Å²) in [5.41, 5.74) is 1.40. The van der Waals surface area contributed by atoms with Crippen molar-refractivity contribution >= 4 is 17.3 Å². The van der Waals surface area contributed by atoms with Crippen LogP contribution < -0.4 is 0 Å². The highest BCUT2D eigenvalue weighted by molar-refractivity contribution is 6.03. The van der Waals surface area contributed by atoms with Crippen LogP contribution in [0, 0.1) is 5.92 Å². The van der Waals surface area contributed by atoms with Crippen molar-refractivity contribution in [3.8, 4) is 0 Å². The van der Waals surface area contributed by atoms with Crippen molar-refractivity contribution in [1.82, 2.24) is 4.98 Å². The first-order chi connectivity index (χ1) is 7.18. The van der Waals surface area contributed by atoms with Crippen LogP contribution in [0.4, 0.5) is 0 Å². The van der Waals surface area contributed by atoms with Gasteiger partial charge < -0.3 is 10.1 Å². The van der Waals surface area contributed by atoms with Gasteiger partial charge in [-0.05, 0) is 29.7 Å². The third-order valence-electron chi connectivity index (χ3n) is 2.60. The zero-order valence-corrected chi connectivity index (χ0v) is 8.06. The third kappa shape index (κ3) is 1.83. The van der Waals surface area contributed by atoms with Crippen LogP contribution in [0.3, 0.4) is 0 Å². The van der Waals surface area contributed by atoms with Gasteiger partial charge in [0, 0.05) is 18.8 Å². The number of rotatable bonds is 2. The van der Waals surface area contributed by atoms with Gasteiger partial charge in [-0.2, -0.15) is 0 Å². The predicted molar refractivity (Wildman–Crippen MR) is 54.1 cm³/mol. The van der Waals surface area contributed by atoms with E-state index in [1.165, 1.54) is 6.08 Å². The van der Waals surface area contributed by atoms with Crippen molar-refractivity contribution in [2.75, 3.05) is 0 Å². The quantitative estimate of drug-likeness (QED) is 0.767. The smallest absolute Gasteiger partial charge is 0.311 e. The Morgan fingerprint density at radius 2 is 2.33 bits per heavy atom. The van der Waals surface area contributed by atoms with Crippen LogP contribution >= 0.6 is 0 Å². The Morgan fingerprint density at radius 3 is 2.93 bits per heavy atom. The summed E-state index contributed by atoms with van der Waals surface area (Å²) in [5, 5.41) is 9.03. The van der Waals surface area contributed by atoms with Gasteiger partial charge >= 0.3 is 5.97 Å². The van der Waals surface area contributed by atoms with Gasteiger partial charge in [-0.25, -0.2) is 0 Å². The van der Waals surface area contributed by atoms with E-state index >= 15 is 0 Å². The Labute approximate surface area is 86.6 Å². The van der Waals surface area contributed by atoms with E-state index in [1.54, 1.807) is 18.5 Å². The number of ketones is 1. The average molecular weight is 205 g/mol. The molecule has 0 amide bonds. The lowest BCUT2D eigenvalue weighted by molar-refractivity contribution is -0.140. The summed E-state index contributed by atoms with van der Waals surface area (Å²) in [6.45, 7) is 0. The van der Waals surface area contributed by atoms with Gasteiger partial charge in [-0.1, -0.05) is 0 Å². The Hall–Kier alpha value is -1.84. The molecular formula is C11H11NO3. The lowest BCUT2D eigenvalue weighted by Crippen LogP contribution is -2.21. The molecule has 2 rings (SSSR count). The van der Waals surface area contributed by atoms with E-state index in [4.69, 9.17) is 5.11 Å². The number of carbonyl (C=O) groups is 2. The maximum absolute atomic E-state index is 11.3. The van der Waals surface area contributed by atoms with Crippen LogP contribution in [0.25, 0.3) is 5.57 Å². The molecule has 15 heavy (non-hydrogen) atoms. The molecule has 4 nitrogen and oxygen atoms in total. The van der Waals surface area contributed by atoms with Gasteiger partial charge in [0.25, 0.3) is 0 Å². The van der Waals surface area contributed by atoms with Gasteiger partial charge in [0.2, 0.25) is 0 Å². The molecule has 1 aliphatic rings. The summed E-state index contributed by atoms with van der Waals surface area (Å²) in [6, 6.07) is 1.78. The molecule has 0 aromatic carbocycles. The maximum Gasteiger partial charge on any atom is 0.311 e. The van der Waals surface area contributed by atoms with Crippen LogP contribution in [0.15, 0.2) is 24.5 Å². The zero-order valence-electron chi connectivity index (χ0n) is 8.06. The number of hydrogen-bond donors (Lipinski definition) is 2. The summed E-state index contributed by atoms with van der Waals surface area (Å²) in [6.07, 6.45) is 5.59.